The van der Waals surface area contributed by atoms with E-state index in [1.54, 1.807) is 13.3 Å². The minimum Gasteiger partial charge on any atom is -0.497 e. The van der Waals surface area contributed by atoms with Crippen LogP contribution in [0, 0.1) is 0 Å². The van der Waals surface area contributed by atoms with E-state index < -0.39 is 0 Å². The first-order chi connectivity index (χ1) is 14.2. The molecule has 0 spiro atoms. The summed E-state index contributed by atoms with van der Waals surface area (Å²) in [7, 11) is 1.61. The molecule has 1 aromatic heterocycles. The minimum atomic E-state index is -0.0974. The number of piperazine rings is 1. The Morgan fingerprint density at radius 1 is 1.07 bits per heavy atom. The van der Waals surface area contributed by atoms with Crippen molar-refractivity contribution >= 4 is 23.2 Å². The van der Waals surface area contributed by atoms with Gasteiger partial charge >= 0.3 is 6.03 Å². The van der Waals surface area contributed by atoms with Gasteiger partial charge in [-0.15, -0.1) is 5.10 Å². The maximum Gasteiger partial charge on any atom is 0.321 e. The summed E-state index contributed by atoms with van der Waals surface area (Å²) in [5.74, 6) is 1.60. The number of hydrogen-bond donors (Lipinski definition) is 1. The molecule has 154 valence electrons. The molecule has 9 heteroatoms. The average molecular weight is 398 g/mol. The average Bonchev–Trinajstić information content (AvgIpc) is 2.80. The molecular formula is C20H26N6O3. The lowest BCUT2D eigenvalue weighted by Gasteiger charge is -2.36. The van der Waals surface area contributed by atoms with Gasteiger partial charge in [0.05, 0.1) is 32.2 Å². The molecule has 9 nitrogen and oxygen atoms in total. The van der Waals surface area contributed by atoms with Crippen LogP contribution in [0.15, 0.2) is 36.5 Å². The molecule has 29 heavy (non-hydrogen) atoms. The van der Waals surface area contributed by atoms with Crippen LogP contribution < -0.4 is 19.9 Å². The van der Waals surface area contributed by atoms with Crippen LogP contribution >= 0.6 is 0 Å². The monoisotopic (exact) mass is 398 g/mol. The Bertz CT molecular complexity index is 834. The van der Waals surface area contributed by atoms with Crippen molar-refractivity contribution in [2.24, 2.45) is 0 Å². The number of rotatable bonds is 4. The first-order valence-electron chi connectivity index (χ1n) is 9.83. The number of amides is 2. The molecule has 1 aromatic carbocycles. The van der Waals surface area contributed by atoms with Crippen molar-refractivity contribution in [3.63, 3.8) is 0 Å². The van der Waals surface area contributed by atoms with Crippen molar-refractivity contribution in [1.82, 2.24) is 15.1 Å². The molecule has 0 aliphatic carbocycles. The molecule has 3 heterocycles. The molecule has 0 unspecified atom stereocenters. The number of carbonyl (C=O) groups excluding carboxylic acids is 1. The van der Waals surface area contributed by atoms with Crippen LogP contribution in [-0.4, -0.2) is 80.7 Å². The van der Waals surface area contributed by atoms with E-state index in [4.69, 9.17) is 9.47 Å². The van der Waals surface area contributed by atoms with Gasteiger partial charge in [0.25, 0.3) is 0 Å². The molecule has 2 fully saturated rings. The van der Waals surface area contributed by atoms with Gasteiger partial charge in [-0.25, -0.2) is 4.79 Å². The Labute approximate surface area is 170 Å². The number of methoxy groups -OCH3 is 1. The predicted octanol–water partition coefficient (Wildman–Crippen LogP) is 1.68. The molecule has 2 aromatic rings. The van der Waals surface area contributed by atoms with Gasteiger partial charge < -0.3 is 29.5 Å². The molecule has 0 atom stereocenters. The summed E-state index contributed by atoms with van der Waals surface area (Å²) in [5.41, 5.74) is 1.76. The molecule has 2 aliphatic heterocycles. The number of nitrogens with zero attached hydrogens (tertiary/aromatic N) is 5. The normalized spacial score (nSPS) is 17.2. The van der Waals surface area contributed by atoms with Crippen LogP contribution in [0.5, 0.6) is 5.75 Å². The van der Waals surface area contributed by atoms with Crippen LogP contribution in [0.25, 0.3) is 0 Å². The van der Waals surface area contributed by atoms with Gasteiger partial charge in [0, 0.05) is 57.1 Å². The lowest BCUT2D eigenvalue weighted by atomic mass is 10.2. The van der Waals surface area contributed by atoms with E-state index in [9.17, 15) is 4.79 Å². The van der Waals surface area contributed by atoms with E-state index in [2.05, 4.69) is 31.4 Å². The van der Waals surface area contributed by atoms with E-state index in [1.165, 1.54) is 0 Å². The number of ether oxygens (including phenoxy) is 2. The zero-order chi connectivity index (χ0) is 20.1. The molecule has 0 radical (unpaired) electrons. The fourth-order valence-corrected chi connectivity index (χ4v) is 3.54. The zero-order valence-corrected chi connectivity index (χ0v) is 16.6. The predicted molar refractivity (Wildman–Crippen MR) is 111 cm³/mol. The van der Waals surface area contributed by atoms with Crippen molar-refractivity contribution < 1.29 is 14.3 Å². The maximum absolute atomic E-state index is 12.6. The van der Waals surface area contributed by atoms with E-state index in [0.29, 0.717) is 32.1 Å². The quantitative estimate of drug-likeness (QED) is 0.839. The van der Waals surface area contributed by atoms with Gasteiger partial charge in [-0.2, -0.15) is 5.10 Å². The van der Waals surface area contributed by atoms with Crippen LogP contribution in [0.1, 0.15) is 0 Å². The molecule has 2 saturated heterocycles. The third-order valence-corrected chi connectivity index (χ3v) is 5.22. The number of morpholine rings is 1. The summed E-state index contributed by atoms with van der Waals surface area (Å²) in [5, 5.41) is 11.4. The molecule has 2 amide bonds. The fraction of sp³-hybridized carbons (Fsp3) is 0.450. The van der Waals surface area contributed by atoms with Gasteiger partial charge in [0.2, 0.25) is 0 Å². The Kier molecular flexibility index (Phi) is 5.95. The summed E-state index contributed by atoms with van der Waals surface area (Å²) < 4.78 is 10.6. The molecule has 1 N–H and O–H groups in total. The maximum atomic E-state index is 12.6. The Morgan fingerprint density at radius 2 is 1.86 bits per heavy atom. The van der Waals surface area contributed by atoms with Gasteiger partial charge in [-0.05, 0) is 12.1 Å². The molecule has 4 rings (SSSR count). The van der Waals surface area contributed by atoms with Crippen LogP contribution in [0.3, 0.4) is 0 Å². The Balaban J connectivity index is 1.33. The summed E-state index contributed by atoms with van der Waals surface area (Å²) >= 11 is 0. The first kappa shape index (κ1) is 19.3. The van der Waals surface area contributed by atoms with Crippen molar-refractivity contribution in [3.8, 4) is 5.75 Å². The second-order valence-electron chi connectivity index (χ2n) is 7.01. The standard InChI is InChI=1S/C20H26N6O3/c1-28-18-4-2-3-16(13-18)22-20(27)26-7-5-24(6-8-26)17-14-19(23-21-15-17)25-9-11-29-12-10-25/h2-4,13-15H,5-12H2,1H3,(H,22,27). The van der Waals surface area contributed by atoms with Gasteiger partial charge in [0.1, 0.15) is 5.75 Å². The largest absolute Gasteiger partial charge is 0.497 e. The zero-order valence-electron chi connectivity index (χ0n) is 16.6. The first-order valence-corrected chi connectivity index (χ1v) is 9.83. The third-order valence-electron chi connectivity index (χ3n) is 5.22. The summed E-state index contributed by atoms with van der Waals surface area (Å²) in [6.07, 6.45) is 1.79. The molecule has 2 aliphatic rings. The summed E-state index contributed by atoms with van der Waals surface area (Å²) in [6, 6.07) is 9.34. The number of nitrogens with one attached hydrogen (secondary N) is 1. The van der Waals surface area contributed by atoms with Crippen LogP contribution in [0.2, 0.25) is 0 Å². The highest BCUT2D eigenvalue weighted by atomic mass is 16.5. The van der Waals surface area contributed by atoms with Crippen molar-refractivity contribution in [2.45, 2.75) is 0 Å². The van der Waals surface area contributed by atoms with Crippen molar-refractivity contribution in [1.29, 1.82) is 0 Å². The van der Waals surface area contributed by atoms with E-state index in [1.807, 2.05) is 29.2 Å². The summed E-state index contributed by atoms with van der Waals surface area (Å²) in [4.78, 5) is 18.8. The number of aromatic nitrogens is 2. The SMILES string of the molecule is COc1cccc(NC(=O)N2CCN(c3cnnc(N4CCOCC4)c3)CC2)c1. The van der Waals surface area contributed by atoms with E-state index >= 15 is 0 Å². The topological polar surface area (TPSA) is 83.1 Å². The molecular weight excluding hydrogens is 372 g/mol. The number of benzene rings is 1. The van der Waals surface area contributed by atoms with Gasteiger partial charge in [-0.3, -0.25) is 0 Å². The second kappa shape index (κ2) is 8.95. The lowest BCUT2D eigenvalue weighted by molar-refractivity contribution is 0.122. The number of anilines is 3. The molecule has 0 saturated carbocycles. The highest BCUT2D eigenvalue weighted by molar-refractivity contribution is 5.89. The van der Waals surface area contributed by atoms with Crippen molar-refractivity contribution in [2.75, 3.05) is 74.7 Å². The van der Waals surface area contributed by atoms with Crippen LogP contribution in [0.4, 0.5) is 22.0 Å². The lowest BCUT2D eigenvalue weighted by Crippen LogP contribution is -2.50. The number of urea groups is 1. The highest BCUT2D eigenvalue weighted by Crippen LogP contribution is 2.22. The summed E-state index contributed by atoms with van der Waals surface area (Å²) in [6.45, 7) is 5.88. The van der Waals surface area contributed by atoms with E-state index in [0.717, 1.165) is 43.4 Å². The fourth-order valence-electron chi connectivity index (χ4n) is 3.54. The number of carbonyl (C=O) groups is 1. The van der Waals surface area contributed by atoms with Crippen LogP contribution in [-0.2, 0) is 4.74 Å². The smallest absolute Gasteiger partial charge is 0.321 e. The van der Waals surface area contributed by atoms with Crippen molar-refractivity contribution in [3.05, 3.63) is 36.5 Å². The molecule has 0 bridgehead atoms. The highest BCUT2D eigenvalue weighted by Gasteiger charge is 2.23. The second-order valence-corrected chi connectivity index (χ2v) is 7.01. The number of hydrogen-bond acceptors (Lipinski definition) is 7. The minimum absolute atomic E-state index is 0.0974. The third kappa shape index (κ3) is 4.68. The van der Waals surface area contributed by atoms with Gasteiger partial charge in [-0.1, -0.05) is 6.07 Å². The van der Waals surface area contributed by atoms with Gasteiger partial charge in [0.15, 0.2) is 5.82 Å². The Hall–Kier alpha value is -3.07. The Morgan fingerprint density at radius 3 is 2.62 bits per heavy atom. The van der Waals surface area contributed by atoms with E-state index in [-0.39, 0.29) is 6.03 Å².